The van der Waals surface area contributed by atoms with Crippen molar-refractivity contribution >= 4 is 23.4 Å². The number of ether oxygens (including phenoxy) is 2. The second-order valence-corrected chi connectivity index (χ2v) is 10.3. The molecule has 9 nitrogen and oxygen atoms in total. The van der Waals surface area contributed by atoms with E-state index in [4.69, 9.17) is 15.2 Å². The number of dihydropyridines is 1. The molecule has 0 bridgehead atoms. The largest absolute Gasteiger partial charge is 0.493 e. The molecule has 0 spiro atoms. The van der Waals surface area contributed by atoms with Gasteiger partial charge in [-0.05, 0) is 55.0 Å². The molecule has 0 fully saturated rings. The second-order valence-electron chi connectivity index (χ2n) is 10.3. The Balaban J connectivity index is 1.81. The molecule has 194 valence electrons. The van der Waals surface area contributed by atoms with Gasteiger partial charge in [-0.2, -0.15) is 0 Å². The van der Waals surface area contributed by atoms with Crippen LogP contribution in [0.25, 0.3) is 0 Å². The SMILES string of the molecule is COc1cc(C2C(C(=O)Nc3cc(C)cc[nH+]3)=C(C)NC3=C2C(=O)CC(C)(C)C3)ccc1OCC(N)=O. The number of Topliss-reactive ketones (excluding diaryl/α,β-unsaturated/α-hetero) is 1. The zero-order chi connectivity index (χ0) is 26.9. The van der Waals surface area contributed by atoms with Crippen molar-refractivity contribution in [3.05, 3.63) is 70.2 Å². The van der Waals surface area contributed by atoms with Crippen LogP contribution in [-0.2, 0) is 14.4 Å². The number of ketones is 1. The average molecular weight is 506 g/mol. The Morgan fingerprint density at radius 2 is 1.92 bits per heavy atom. The molecule has 2 aliphatic rings. The number of carbonyl (C=O) groups is 3. The number of allylic oxidation sites excluding steroid dienone is 3. The number of hydrogen-bond donors (Lipinski definition) is 3. The molecule has 1 aromatic carbocycles. The van der Waals surface area contributed by atoms with Gasteiger partial charge in [-0.15, -0.1) is 0 Å². The summed E-state index contributed by atoms with van der Waals surface area (Å²) in [7, 11) is 1.49. The lowest BCUT2D eigenvalue weighted by Gasteiger charge is -2.39. The summed E-state index contributed by atoms with van der Waals surface area (Å²) in [5.74, 6) is -0.305. The van der Waals surface area contributed by atoms with Crippen LogP contribution in [0.3, 0.4) is 0 Å². The number of rotatable bonds is 7. The Bertz CT molecular complexity index is 1340. The molecule has 1 aliphatic carbocycles. The minimum Gasteiger partial charge on any atom is -0.493 e. The first kappa shape index (κ1) is 25.9. The van der Waals surface area contributed by atoms with Crippen molar-refractivity contribution in [1.82, 2.24) is 5.32 Å². The Hall–Kier alpha value is -4.14. The van der Waals surface area contributed by atoms with E-state index in [1.165, 1.54) is 7.11 Å². The Morgan fingerprint density at radius 3 is 2.59 bits per heavy atom. The summed E-state index contributed by atoms with van der Waals surface area (Å²) in [6, 6.07) is 8.93. The Morgan fingerprint density at radius 1 is 1.16 bits per heavy atom. The minimum atomic E-state index is -0.622. The van der Waals surface area contributed by atoms with E-state index in [0.29, 0.717) is 52.6 Å². The average Bonchev–Trinajstić information content (AvgIpc) is 2.80. The van der Waals surface area contributed by atoms with Crippen molar-refractivity contribution in [2.75, 3.05) is 19.0 Å². The summed E-state index contributed by atoms with van der Waals surface area (Å²) in [5.41, 5.74) is 9.23. The quantitative estimate of drug-likeness (QED) is 0.530. The number of nitrogens with one attached hydrogen (secondary N) is 3. The first-order valence-corrected chi connectivity index (χ1v) is 12.1. The predicted molar refractivity (Wildman–Crippen MR) is 138 cm³/mol. The molecule has 1 aromatic heterocycles. The van der Waals surface area contributed by atoms with Crippen molar-refractivity contribution in [3.63, 3.8) is 0 Å². The fraction of sp³-hybridized carbons (Fsp3) is 0.357. The molecule has 2 aromatic rings. The lowest BCUT2D eigenvalue weighted by atomic mass is 9.68. The van der Waals surface area contributed by atoms with E-state index < -0.39 is 11.8 Å². The zero-order valence-corrected chi connectivity index (χ0v) is 21.8. The minimum absolute atomic E-state index is 0.00306. The van der Waals surface area contributed by atoms with Gasteiger partial charge in [0.15, 0.2) is 23.9 Å². The Labute approximate surface area is 216 Å². The second kappa shape index (κ2) is 10.1. The van der Waals surface area contributed by atoms with Crippen molar-refractivity contribution in [2.24, 2.45) is 11.1 Å². The molecule has 37 heavy (non-hydrogen) atoms. The van der Waals surface area contributed by atoms with Crippen LogP contribution in [-0.4, -0.2) is 31.3 Å². The summed E-state index contributed by atoms with van der Waals surface area (Å²) < 4.78 is 11.0. The lowest BCUT2D eigenvalue weighted by molar-refractivity contribution is -0.360. The van der Waals surface area contributed by atoms with E-state index in [9.17, 15) is 14.4 Å². The molecular formula is C28H33N4O5+. The van der Waals surface area contributed by atoms with E-state index in [2.05, 4.69) is 29.5 Å². The predicted octanol–water partition coefficient (Wildman–Crippen LogP) is 2.92. The number of pyridine rings is 1. The molecule has 0 saturated carbocycles. The third-order valence-electron chi connectivity index (χ3n) is 6.58. The molecule has 2 amide bonds. The zero-order valence-electron chi connectivity index (χ0n) is 21.8. The molecule has 5 N–H and O–H groups in total. The van der Waals surface area contributed by atoms with Gasteiger partial charge in [0.1, 0.15) is 0 Å². The molecule has 1 atom stereocenters. The van der Waals surface area contributed by atoms with Crippen LogP contribution in [0.2, 0.25) is 0 Å². The molecule has 0 radical (unpaired) electrons. The summed E-state index contributed by atoms with van der Waals surface area (Å²) in [5, 5.41) is 6.31. The van der Waals surface area contributed by atoms with Crippen LogP contribution in [0.15, 0.2) is 59.1 Å². The van der Waals surface area contributed by atoms with Gasteiger partial charge >= 0.3 is 5.91 Å². The number of primary amides is 1. The maximum absolute atomic E-state index is 13.7. The van der Waals surface area contributed by atoms with Crippen LogP contribution >= 0.6 is 0 Å². The maximum atomic E-state index is 13.7. The summed E-state index contributed by atoms with van der Waals surface area (Å²) in [4.78, 5) is 41.5. The van der Waals surface area contributed by atoms with Gasteiger partial charge in [-0.3, -0.25) is 9.59 Å². The number of benzene rings is 1. The smallest absolute Gasteiger partial charge is 0.337 e. The molecular weight excluding hydrogens is 472 g/mol. The fourth-order valence-electron chi connectivity index (χ4n) is 5.04. The molecule has 2 heterocycles. The van der Waals surface area contributed by atoms with Gasteiger partial charge in [0.25, 0.3) is 11.7 Å². The maximum Gasteiger partial charge on any atom is 0.337 e. The van der Waals surface area contributed by atoms with Crippen LogP contribution in [0, 0.1) is 12.3 Å². The van der Waals surface area contributed by atoms with E-state index in [1.54, 1.807) is 24.4 Å². The summed E-state index contributed by atoms with van der Waals surface area (Å²) >= 11 is 0. The first-order chi connectivity index (χ1) is 17.5. The molecule has 1 unspecified atom stereocenters. The van der Waals surface area contributed by atoms with E-state index in [-0.39, 0.29) is 23.7 Å². The highest BCUT2D eigenvalue weighted by molar-refractivity contribution is 6.09. The van der Waals surface area contributed by atoms with E-state index in [1.807, 2.05) is 26.0 Å². The van der Waals surface area contributed by atoms with Crippen molar-refractivity contribution < 1.29 is 28.8 Å². The van der Waals surface area contributed by atoms with Crippen molar-refractivity contribution in [1.29, 1.82) is 0 Å². The van der Waals surface area contributed by atoms with Crippen LogP contribution in [0.1, 0.15) is 50.7 Å². The number of hydrogen-bond acceptors (Lipinski definition) is 6. The lowest BCUT2D eigenvalue weighted by Crippen LogP contribution is -2.39. The van der Waals surface area contributed by atoms with Gasteiger partial charge in [-0.25, -0.2) is 15.1 Å². The first-order valence-electron chi connectivity index (χ1n) is 12.1. The highest BCUT2D eigenvalue weighted by Crippen LogP contribution is 2.47. The van der Waals surface area contributed by atoms with Crippen LogP contribution in [0.5, 0.6) is 11.5 Å². The standard InChI is InChI=1S/C28H32N4O5/c1-15-8-9-30-23(10-15)32-27(35)24-16(2)31-18-12-28(3,4)13-19(33)26(18)25(24)17-6-7-20(21(11-17)36-5)37-14-22(29)34/h6-11,25,31H,12-14H2,1-5H3,(H2,29,34)(H,30,32,35)/p+1. The molecule has 1 aliphatic heterocycles. The highest BCUT2D eigenvalue weighted by Gasteiger charge is 2.43. The van der Waals surface area contributed by atoms with Gasteiger partial charge < -0.3 is 20.5 Å². The highest BCUT2D eigenvalue weighted by atomic mass is 16.5. The number of aryl methyl sites for hydroxylation is 1. The van der Waals surface area contributed by atoms with Crippen molar-refractivity contribution in [2.45, 2.75) is 46.5 Å². The van der Waals surface area contributed by atoms with Gasteiger partial charge in [-0.1, -0.05) is 19.9 Å². The number of carbonyl (C=O) groups excluding carboxylic acids is 3. The van der Waals surface area contributed by atoms with Crippen molar-refractivity contribution in [3.8, 4) is 11.5 Å². The fourth-order valence-corrected chi connectivity index (χ4v) is 5.04. The molecule has 9 heteroatoms. The number of amides is 2. The third kappa shape index (κ3) is 5.50. The summed E-state index contributed by atoms with van der Waals surface area (Å²) in [6.07, 6.45) is 2.81. The topological polar surface area (TPSA) is 134 Å². The number of aromatic amines is 1. The third-order valence-corrected chi connectivity index (χ3v) is 6.58. The normalized spacial score (nSPS) is 18.6. The number of anilines is 1. The van der Waals surface area contributed by atoms with Crippen LogP contribution in [0.4, 0.5) is 5.82 Å². The van der Waals surface area contributed by atoms with Crippen LogP contribution < -0.4 is 30.8 Å². The number of methoxy groups -OCH3 is 1. The molecule has 0 saturated heterocycles. The molecule has 4 rings (SSSR count). The van der Waals surface area contributed by atoms with Gasteiger partial charge in [0.05, 0.1) is 18.9 Å². The van der Waals surface area contributed by atoms with Gasteiger partial charge in [0.2, 0.25) is 0 Å². The number of aromatic nitrogens is 1. The number of H-pyrrole nitrogens is 1. The monoisotopic (exact) mass is 505 g/mol. The van der Waals surface area contributed by atoms with E-state index >= 15 is 0 Å². The van der Waals surface area contributed by atoms with E-state index in [0.717, 1.165) is 11.3 Å². The number of nitrogens with two attached hydrogens (primary N) is 1. The van der Waals surface area contributed by atoms with Gasteiger partial charge in [0, 0.05) is 35.4 Å². The Kier molecular flexibility index (Phi) is 7.07. The summed E-state index contributed by atoms with van der Waals surface area (Å²) in [6.45, 7) is 7.61.